The van der Waals surface area contributed by atoms with E-state index in [-0.39, 0.29) is 11.3 Å². The number of aliphatic hydroxyl groups excluding tert-OH is 1. The van der Waals surface area contributed by atoms with Gasteiger partial charge in [-0.2, -0.15) is 0 Å². The molecule has 2 aliphatic rings. The van der Waals surface area contributed by atoms with Gasteiger partial charge in [0.25, 0.3) is 11.7 Å². The lowest BCUT2D eigenvalue weighted by atomic mass is 9.98. The van der Waals surface area contributed by atoms with E-state index in [1.54, 1.807) is 48.7 Å². The Labute approximate surface area is 180 Å². The fourth-order valence-corrected chi connectivity index (χ4v) is 3.96. The van der Waals surface area contributed by atoms with Gasteiger partial charge in [0.2, 0.25) is 0 Å². The molecule has 0 aliphatic carbocycles. The van der Waals surface area contributed by atoms with E-state index in [0.29, 0.717) is 43.3 Å². The highest BCUT2D eigenvalue weighted by molar-refractivity contribution is 6.46. The zero-order valence-electron chi connectivity index (χ0n) is 17.4. The van der Waals surface area contributed by atoms with Crippen molar-refractivity contribution in [2.45, 2.75) is 6.04 Å². The molecule has 162 valence electrons. The number of methoxy groups -OCH3 is 1. The minimum Gasteiger partial charge on any atom is -0.507 e. The van der Waals surface area contributed by atoms with E-state index in [1.807, 2.05) is 0 Å². The predicted molar refractivity (Wildman–Crippen MR) is 113 cm³/mol. The quantitative estimate of drug-likeness (QED) is 0.431. The van der Waals surface area contributed by atoms with Crippen LogP contribution in [0.15, 0.2) is 54.2 Å². The van der Waals surface area contributed by atoms with Gasteiger partial charge in [0.05, 0.1) is 31.6 Å². The normalized spacial score (nSPS) is 21.5. The van der Waals surface area contributed by atoms with Gasteiger partial charge in [-0.15, -0.1) is 0 Å². The lowest BCUT2D eigenvalue weighted by Crippen LogP contribution is -2.42. The van der Waals surface area contributed by atoms with Crippen molar-refractivity contribution < 1.29 is 24.2 Å². The third-order valence-electron chi connectivity index (χ3n) is 5.61. The van der Waals surface area contributed by atoms with Crippen molar-refractivity contribution >= 4 is 17.4 Å². The highest BCUT2D eigenvalue weighted by Crippen LogP contribution is 2.38. The predicted octanol–water partition coefficient (Wildman–Crippen LogP) is 1.84. The third kappa shape index (κ3) is 4.30. The van der Waals surface area contributed by atoms with Gasteiger partial charge < -0.3 is 19.5 Å². The van der Waals surface area contributed by atoms with Crippen molar-refractivity contribution in [1.82, 2.24) is 14.8 Å². The first-order chi connectivity index (χ1) is 15.1. The molecular formula is C23H25N3O5. The maximum absolute atomic E-state index is 13.0. The van der Waals surface area contributed by atoms with Crippen molar-refractivity contribution in [3.8, 4) is 5.75 Å². The topological polar surface area (TPSA) is 92.2 Å². The number of carbonyl (C=O) groups excluding carboxylic acids is 2. The van der Waals surface area contributed by atoms with E-state index < -0.39 is 17.7 Å². The molecule has 1 aromatic carbocycles. The van der Waals surface area contributed by atoms with Gasteiger partial charge in [-0.3, -0.25) is 19.5 Å². The van der Waals surface area contributed by atoms with Crippen LogP contribution >= 0.6 is 0 Å². The average Bonchev–Trinajstić information content (AvgIpc) is 3.08. The maximum atomic E-state index is 13.0. The molecule has 4 rings (SSSR count). The number of aromatic nitrogens is 1. The molecule has 0 bridgehead atoms. The molecule has 31 heavy (non-hydrogen) atoms. The molecule has 1 atom stereocenters. The van der Waals surface area contributed by atoms with Gasteiger partial charge >= 0.3 is 0 Å². The van der Waals surface area contributed by atoms with Gasteiger partial charge in [-0.25, -0.2) is 0 Å². The van der Waals surface area contributed by atoms with Gasteiger partial charge in [0.15, 0.2) is 0 Å². The van der Waals surface area contributed by atoms with Gasteiger partial charge in [0, 0.05) is 37.9 Å². The fraction of sp³-hybridized carbons (Fsp3) is 0.348. The molecule has 1 aromatic heterocycles. The van der Waals surface area contributed by atoms with E-state index in [4.69, 9.17) is 9.47 Å². The van der Waals surface area contributed by atoms with E-state index in [9.17, 15) is 14.7 Å². The van der Waals surface area contributed by atoms with Crippen molar-refractivity contribution in [1.29, 1.82) is 0 Å². The maximum Gasteiger partial charge on any atom is 0.295 e. The van der Waals surface area contributed by atoms with Crippen molar-refractivity contribution in [3.63, 3.8) is 0 Å². The van der Waals surface area contributed by atoms with Crippen LogP contribution in [-0.2, 0) is 14.3 Å². The summed E-state index contributed by atoms with van der Waals surface area (Å²) in [4.78, 5) is 34.1. The van der Waals surface area contributed by atoms with Crippen LogP contribution in [0.4, 0.5) is 0 Å². The summed E-state index contributed by atoms with van der Waals surface area (Å²) in [6.07, 6.45) is 1.61. The van der Waals surface area contributed by atoms with Crippen molar-refractivity contribution in [2.24, 2.45) is 0 Å². The van der Waals surface area contributed by atoms with Gasteiger partial charge in [-0.05, 0) is 24.3 Å². The molecule has 0 spiro atoms. The standard InChI is InChI=1S/C23H25N3O5/c1-30-17-6-4-5-16(15-17)21(27)19-20(18-7-2-3-8-24-18)26(23(29)22(19)28)10-9-25-11-13-31-14-12-25/h2-8,15,20,27H,9-14H2,1H3. The van der Waals surface area contributed by atoms with Crippen LogP contribution in [0, 0.1) is 0 Å². The molecule has 2 aromatic rings. The Hall–Kier alpha value is -3.23. The summed E-state index contributed by atoms with van der Waals surface area (Å²) < 4.78 is 10.6. The minimum atomic E-state index is -0.756. The number of aliphatic hydroxyl groups is 1. The number of benzene rings is 1. The van der Waals surface area contributed by atoms with Gasteiger partial charge in [0.1, 0.15) is 17.6 Å². The summed E-state index contributed by atoms with van der Waals surface area (Å²) >= 11 is 0. The zero-order chi connectivity index (χ0) is 21.8. The average molecular weight is 423 g/mol. The van der Waals surface area contributed by atoms with E-state index in [0.717, 1.165) is 13.1 Å². The molecule has 3 heterocycles. The summed E-state index contributed by atoms with van der Waals surface area (Å²) in [5.74, 6) is -1.03. The van der Waals surface area contributed by atoms with Crippen molar-refractivity contribution in [3.05, 3.63) is 65.5 Å². The molecule has 2 aliphatic heterocycles. The van der Waals surface area contributed by atoms with Crippen LogP contribution in [0.1, 0.15) is 17.3 Å². The van der Waals surface area contributed by atoms with Crippen LogP contribution in [0.3, 0.4) is 0 Å². The Morgan fingerprint density at radius 1 is 1.16 bits per heavy atom. The molecule has 8 heteroatoms. The van der Waals surface area contributed by atoms with Crippen molar-refractivity contribution in [2.75, 3.05) is 46.5 Å². The number of morpholine rings is 1. The first kappa shape index (κ1) is 21.0. The molecular weight excluding hydrogens is 398 g/mol. The molecule has 0 saturated carbocycles. The Kier molecular flexibility index (Phi) is 6.29. The number of Topliss-reactive ketones (excluding diaryl/α,β-unsaturated/α-hetero) is 1. The molecule has 2 fully saturated rings. The monoisotopic (exact) mass is 423 g/mol. The highest BCUT2D eigenvalue weighted by atomic mass is 16.5. The highest BCUT2D eigenvalue weighted by Gasteiger charge is 2.46. The summed E-state index contributed by atoms with van der Waals surface area (Å²) in [5, 5.41) is 11.1. The number of likely N-dealkylation sites (tertiary alicyclic amines) is 1. The van der Waals surface area contributed by atoms with Gasteiger partial charge in [-0.1, -0.05) is 18.2 Å². The molecule has 0 radical (unpaired) electrons. The molecule has 1 unspecified atom stereocenters. The number of ketones is 1. The number of amides is 1. The second-order valence-electron chi connectivity index (χ2n) is 7.43. The first-order valence-corrected chi connectivity index (χ1v) is 10.2. The molecule has 1 amide bonds. The minimum absolute atomic E-state index is 0.0407. The largest absolute Gasteiger partial charge is 0.507 e. The van der Waals surface area contributed by atoms with Crippen LogP contribution in [0.2, 0.25) is 0 Å². The number of hydrogen-bond acceptors (Lipinski definition) is 7. The molecule has 2 saturated heterocycles. The smallest absolute Gasteiger partial charge is 0.295 e. The summed E-state index contributed by atoms with van der Waals surface area (Å²) in [7, 11) is 1.53. The third-order valence-corrected chi connectivity index (χ3v) is 5.61. The first-order valence-electron chi connectivity index (χ1n) is 10.2. The fourth-order valence-electron chi connectivity index (χ4n) is 3.96. The van der Waals surface area contributed by atoms with E-state index in [2.05, 4.69) is 9.88 Å². The Morgan fingerprint density at radius 2 is 1.97 bits per heavy atom. The van der Waals surface area contributed by atoms with Crippen LogP contribution in [-0.4, -0.2) is 78.1 Å². The second kappa shape index (κ2) is 9.28. The Bertz CT molecular complexity index is 986. The van der Waals surface area contributed by atoms with Crippen LogP contribution in [0.25, 0.3) is 5.76 Å². The summed E-state index contributed by atoms with van der Waals surface area (Å²) in [6.45, 7) is 3.82. The number of ether oxygens (including phenoxy) is 2. The van der Waals surface area contributed by atoms with E-state index in [1.165, 1.54) is 12.0 Å². The SMILES string of the molecule is COc1cccc(C(O)=C2C(=O)C(=O)N(CCN3CCOCC3)C2c2ccccn2)c1. The number of nitrogens with zero attached hydrogens (tertiary/aromatic N) is 3. The Balaban J connectivity index is 1.72. The van der Waals surface area contributed by atoms with Crippen LogP contribution in [0.5, 0.6) is 5.75 Å². The number of hydrogen-bond donors (Lipinski definition) is 1. The zero-order valence-corrected chi connectivity index (χ0v) is 17.4. The van der Waals surface area contributed by atoms with Crippen LogP contribution < -0.4 is 4.74 Å². The molecule has 8 nitrogen and oxygen atoms in total. The Morgan fingerprint density at radius 3 is 2.68 bits per heavy atom. The number of pyridine rings is 1. The number of rotatable bonds is 6. The second-order valence-corrected chi connectivity index (χ2v) is 7.43. The lowest BCUT2D eigenvalue weighted by Gasteiger charge is -2.30. The number of carbonyl (C=O) groups is 2. The molecule has 1 N–H and O–H groups in total. The van der Waals surface area contributed by atoms with E-state index >= 15 is 0 Å². The lowest BCUT2D eigenvalue weighted by molar-refractivity contribution is -0.140. The summed E-state index contributed by atoms with van der Waals surface area (Å²) in [6, 6.07) is 11.3. The summed E-state index contributed by atoms with van der Waals surface area (Å²) in [5.41, 5.74) is 0.985.